The summed E-state index contributed by atoms with van der Waals surface area (Å²) in [6.07, 6.45) is 0. The van der Waals surface area contributed by atoms with Crippen LogP contribution >= 0.6 is 15.9 Å². The predicted molar refractivity (Wildman–Crippen MR) is 79.1 cm³/mol. The van der Waals surface area contributed by atoms with E-state index in [2.05, 4.69) is 21.2 Å². The molecule has 0 aliphatic heterocycles. The zero-order chi connectivity index (χ0) is 14.5. The monoisotopic (exact) mass is 334 g/mol. The van der Waals surface area contributed by atoms with Crippen molar-refractivity contribution in [3.63, 3.8) is 0 Å². The summed E-state index contributed by atoms with van der Waals surface area (Å²) in [6.45, 7) is 0.423. The molecule has 3 nitrogen and oxygen atoms in total. The highest BCUT2D eigenvalue weighted by Gasteiger charge is 2.03. The van der Waals surface area contributed by atoms with Gasteiger partial charge in [0.05, 0.1) is 18.7 Å². The standard InChI is InChI=1S/C15H12BrFN2O/c1-20-15-6-12(16)5-14(7-15)19-9-11-2-10(8-18)3-13(17)4-11/h2-7,19H,9H2,1H3. The summed E-state index contributed by atoms with van der Waals surface area (Å²) in [6, 6.07) is 11.8. The Morgan fingerprint density at radius 1 is 1.25 bits per heavy atom. The third kappa shape index (κ3) is 3.72. The molecule has 102 valence electrons. The van der Waals surface area contributed by atoms with Crippen LogP contribution < -0.4 is 10.1 Å². The molecule has 20 heavy (non-hydrogen) atoms. The van der Waals surface area contributed by atoms with Gasteiger partial charge in [-0.05, 0) is 35.9 Å². The number of nitrogens with zero attached hydrogens (tertiary/aromatic N) is 1. The van der Waals surface area contributed by atoms with Gasteiger partial charge in [0.2, 0.25) is 0 Å². The summed E-state index contributed by atoms with van der Waals surface area (Å²) < 4.78 is 19.4. The molecule has 0 aliphatic rings. The van der Waals surface area contributed by atoms with Crippen molar-refractivity contribution in [1.82, 2.24) is 0 Å². The SMILES string of the molecule is COc1cc(Br)cc(NCc2cc(F)cc(C#N)c2)c1. The summed E-state index contributed by atoms with van der Waals surface area (Å²) in [5.41, 5.74) is 1.87. The molecule has 0 aromatic heterocycles. The largest absolute Gasteiger partial charge is 0.497 e. The maximum atomic E-state index is 13.3. The highest BCUT2D eigenvalue weighted by Crippen LogP contribution is 2.25. The lowest BCUT2D eigenvalue weighted by molar-refractivity contribution is 0.414. The highest BCUT2D eigenvalue weighted by atomic mass is 79.9. The lowest BCUT2D eigenvalue weighted by Crippen LogP contribution is -2.01. The Balaban J connectivity index is 2.14. The first kappa shape index (κ1) is 14.4. The maximum absolute atomic E-state index is 13.3. The van der Waals surface area contributed by atoms with Crippen LogP contribution in [0.5, 0.6) is 5.75 Å². The van der Waals surface area contributed by atoms with Crippen LogP contribution in [0, 0.1) is 17.1 Å². The fourth-order valence-electron chi connectivity index (χ4n) is 1.80. The minimum absolute atomic E-state index is 0.314. The van der Waals surface area contributed by atoms with Crippen molar-refractivity contribution in [1.29, 1.82) is 5.26 Å². The number of ether oxygens (including phenoxy) is 1. The van der Waals surface area contributed by atoms with Crippen LogP contribution in [0.15, 0.2) is 40.9 Å². The van der Waals surface area contributed by atoms with Crippen molar-refractivity contribution >= 4 is 21.6 Å². The van der Waals surface area contributed by atoms with Crippen LogP contribution in [0.1, 0.15) is 11.1 Å². The number of anilines is 1. The second kappa shape index (κ2) is 6.40. The molecular formula is C15H12BrFN2O. The lowest BCUT2D eigenvalue weighted by Gasteiger charge is -2.09. The molecule has 2 aromatic carbocycles. The fraction of sp³-hybridized carbons (Fsp3) is 0.133. The van der Waals surface area contributed by atoms with Gasteiger partial charge in [0.1, 0.15) is 11.6 Å². The van der Waals surface area contributed by atoms with Crippen LogP contribution in [-0.4, -0.2) is 7.11 Å². The third-order valence-corrected chi connectivity index (χ3v) is 3.15. The van der Waals surface area contributed by atoms with Gasteiger partial charge in [-0.1, -0.05) is 15.9 Å². The summed E-state index contributed by atoms with van der Waals surface area (Å²) in [4.78, 5) is 0. The van der Waals surface area contributed by atoms with Crippen LogP contribution in [0.25, 0.3) is 0 Å². The van der Waals surface area contributed by atoms with Crippen LogP contribution in [-0.2, 0) is 6.54 Å². The van der Waals surface area contributed by atoms with Gasteiger partial charge in [0.15, 0.2) is 0 Å². The average Bonchev–Trinajstić information content (AvgIpc) is 2.44. The second-order valence-corrected chi connectivity index (χ2v) is 5.11. The van der Waals surface area contributed by atoms with E-state index in [9.17, 15) is 4.39 Å². The van der Waals surface area contributed by atoms with Gasteiger partial charge < -0.3 is 10.1 Å². The van der Waals surface area contributed by atoms with Crippen molar-refractivity contribution in [3.05, 3.63) is 57.8 Å². The highest BCUT2D eigenvalue weighted by molar-refractivity contribution is 9.10. The summed E-state index contributed by atoms with van der Waals surface area (Å²) in [5, 5.41) is 12.0. The quantitative estimate of drug-likeness (QED) is 0.916. The Hall–Kier alpha value is -2.06. The zero-order valence-electron chi connectivity index (χ0n) is 10.8. The van der Waals surface area contributed by atoms with E-state index in [0.29, 0.717) is 17.7 Å². The Morgan fingerprint density at radius 2 is 2.05 bits per heavy atom. The molecule has 2 aromatic rings. The van der Waals surface area contributed by atoms with Gasteiger partial charge >= 0.3 is 0 Å². The first-order valence-corrected chi connectivity index (χ1v) is 6.68. The first-order valence-electron chi connectivity index (χ1n) is 5.89. The fourth-order valence-corrected chi connectivity index (χ4v) is 2.28. The molecule has 0 saturated heterocycles. The smallest absolute Gasteiger partial charge is 0.124 e. The summed E-state index contributed by atoms with van der Waals surface area (Å²) in [5.74, 6) is 0.312. The summed E-state index contributed by atoms with van der Waals surface area (Å²) >= 11 is 3.39. The van der Waals surface area contributed by atoms with Crippen molar-refractivity contribution < 1.29 is 9.13 Å². The van der Waals surface area contributed by atoms with Crippen molar-refractivity contribution in [2.75, 3.05) is 12.4 Å². The first-order chi connectivity index (χ1) is 9.60. The van der Waals surface area contributed by atoms with Gasteiger partial charge in [0, 0.05) is 22.8 Å². The normalized spacial score (nSPS) is 9.90. The van der Waals surface area contributed by atoms with E-state index >= 15 is 0 Å². The molecule has 0 aliphatic carbocycles. The molecule has 0 unspecified atom stereocenters. The number of benzene rings is 2. The second-order valence-electron chi connectivity index (χ2n) is 4.19. The van der Waals surface area contributed by atoms with E-state index in [1.54, 1.807) is 13.2 Å². The number of methoxy groups -OCH3 is 1. The molecule has 2 rings (SSSR count). The molecule has 5 heteroatoms. The van der Waals surface area contributed by atoms with Gasteiger partial charge in [-0.25, -0.2) is 4.39 Å². The van der Waals surface area contributed by atoms with E-state index in [-0.39, 0.29) is 0 Å². The van der Waals surface area contributed by atoms with E-state index in [4.69, 9.17) is 10.00 Å². The molecule has 0 heterocycles. The third-order valence-electron chi connectivity index (χ3n) is 2.69. The topological polar surface area (TPSA) is 45.0 Å². The van der Waals surface area contributed by atoms with Crippen molar-refractivity contribution in [2.45, 2.75) is 6.54 Å². The van der Waals surface area contributed by atoms with E-state index < -0.39 is 5.82 Å². The van der Waals surface area contributed by atoms with Gasteiger partial charge in [-0.15, -0.1) is 0 Å². The lowest BCUT2D eigenvalue weighted by atomic mass is 10.1. The maximum Gasteiger partial charge on any atom is 0.124 e. The van der Waals surface area contributed by atoms with Crippen LogP contribution in [0.2, 0.25) is 0 Å². The molecular weight excluding hydrogens is 323 g/mol. The number of hydrogen-bond acceptors (Lipinski definition) is 3. The van der Waals surface area contributed by atoms with Gasteiger partial charge in [-0.2, -0.15) is 5.26 Å². The van der Waals surface area contributed by atoms with Crippen molar-refractivity contribution in [2.24, 2.45) is 0 Å². The molecule has 0 atom stereocenters. The Kier molecular flexibility index (Phi) is 4.59. The molecule has 0 amide bonds. The Bertz CT molecular complexity index is 667. The Morgan fingerprint density at radius 3 is 2.75 bits per heavy atom. The molecule has 0 saturated carbocycles. The molecule has 0 radical (unpaired) electrons. The predicted octanol–water partition coefficient (Wildman–Crippen LogP) is 4.08. The zero-order valence-corrected chi connectivity index (χ0v) is 12.4. The minimum atomic E-state index is -0.410. The minimum Gasteiger partial charge on any atom is -0.497 e. The number of halogens is 2. The van der Waals surface area contributed by atoms with E-state index in [1.807, 2.05) is 24.3 Å². The van der Waals surface area contributed by atoms with E-state index in [0.717, 1.165) is 15.9 Å². The van der Waals surface area contributed by atoms with Crippen molar-refractivity contribution in [3.8, 4) is 11.8 Å². The average molecular weight is 335 g/mol. The molecule has 0 fully saturated rings. The molecule has 1 N–H and O–H groups in total. The number of nitriles is 1. The van der Waals surface area contributed by atoms with Crippen LogP contribution in [0.4, 0.5) is 10.1 Å². The molecule has 0 bridgehead atoms. The summed E-state index contributed by atoms with van der Waals surface area (Å²) in [7, 11) is 1.59. The van der Waals surface area contributed by atoms with Crippen LogP contribution in [0.3, 0.4) is 0 Å². The number of rotatable bonds is 4. The van der Waals surface area contributed by atoms with E-state index in [1.165, 1.54) is 12.1 Å². The Labute approximate surface area is 125 Å². The van der Waals surface area contributed by atoms with Gasteiger partial charge in [0.25, 0.3) is 0 Å². The number of nitrogens with one attached hydrogen (secondary N) is 1. The van der Waals surface area contributed by atoms with Gasteiger partial charge in [-0.3, -0.25) is 0 Å². The molecule has 0 spiro atoms. The number of hydrogen-bond donors (Lipinski definition) is 1.